The second-order valence-corrected chi connectivity index (χ2v) is 7.28. The van der Waals surface area contributed by atoms with E-state index >= 15 is 0 Å². The molecule has 0 saturated heterocycles. The van der Waals surface area contributed by atoms with E-state index in [1.54, 1.807) is 24.3 Å². The van der Waals surface area contributed by atoms with Crippen molar-refractivity contribution in [2.45, 2.75) is 4.90 Å². The van der Waals surface area contributed by atoms with Gasteiger partial charge in [-0.2, -0.15) is 0 Å². The van der Waals surface area contributed by atoms with E-state index < -0.39 is 15.9 Å². The Hall–Kier alpha value is -2.00. The quantitative estimate of drug-likeness (QED) is 0.690. The number of ether oxygens (including phenoxy) is 2. The third kappa shape index (κ3) is 5.79. The van der Waals surface area contributed by atoms with E-state index in [1.807, 2.05) is 10.3 Å². The lowest BCUT2D eigenvalue weighted by Gasteiger charge is -2.10. The first-order valence-electron chi connectivity index (χ1n) is 6.84. The van der Waals surface area contributed by atoms with Crippen LogP contribution in [0, 0.1) is 0 Å². The summed E-state index contributed by atoms with van der Waals surface area (Å²) in [5.74, 6) is 0.387. The molecule has 0 bridgehead atoms. The topological polar surface area (TPSA) is 93.7 Å². The largest absolute Gasteiger partial charge is 0.497 e. The Morgan fingerprint density at radius 2 is 1.60 bits per heavy atom. The molecule has 0 aliphatic carbocycles. The third-order valence-corrected chi connectivity index (χ3v) is 4.56. The average molecular weight is 405 g/mol. The van der Waals surface area contributed by atoms with Crippen LogP contribution in [-0.2, 0) is 14.8 Å². The van der Waals surface area contributed by atoms with Gasteiger partial charge in [-0.25, -0.2) is 8.42 Å². The van der Waals surface area contributed by atoms with E-state index in [9.17, 15) is 13.2 Å². The lowest BCUT2D eigenvalue weighted by atomic mass is 10.3. The van der Waals surface area contributed by atoms with E-state index in [-0.39, 0.29) is 21.5 Å². The Kier molecular flexibility index (Phi) is 6.49. The van der Waals surface area contributed by atoms with Gasteiger partial charge in [0.2, 0.25) is 0 Å². The van der Waals surface area contributed by atoms with Crippen molar-refractivity contribution in [3.63, 3.8) is 0 Å². The number of carbonyl (C=O) groups excluding carboxylic acids is 1. The predicted molar refractivity (Wildman–Crippen MR) is 93.4 cm³/mol. The van der Waals surface area contributed by atoms with Gasteiger partial charge in [0.1, 0.15) is 11.5 Å². The molecule has 2 aromatic carbocycles. The molecule has 2 aromatic rings. The third-order valence-electron chi connectivity index (χ3n) is 2.90. The SMILES string of the molecule is COc1ccc(OCC(=O)NNS(=O)(=O)c2cc(Cl)cc(Cl)c2)cc1. The fourth-order valence-electron chi connectivity index (χ4n) is 1.72. The lowest BCUT2D eigenvalue weighted by molar-refractivity contribution is -0.123. The summed E-state index contributed by atoms with van der Waals surface area (Å²) in [6.45, 7) is -0.384. The summed E-state index contributed by atoms with van der Waals surface area (Å²) in [5, 5.41) is 0.309. The number of benzene rings is 2. The smallest absolute Gasteiger partial charge is 0.272 e. The van der Waals surface area contributed by atoms with Gasteiger partial charge in [0.25, 0.3) is 15.9 Å². The first-order chi connectivity index (χ1) is 11.8. The number of nitrogens with one attached hydrogen (secondary N) is 2. The molecule has 0 spiro atoms. The summed E-state index contributed by atoms with van der Waals surface area (Å²) >= 11 is 11.5. The van der Waals surface area contributed by atoms with Crippen molar-refractivity contribution < 1.29 is 22.7 Å². The molecule has 0 aliphatic rings. The van der Waals surface area contributed by atoms with Gasteiger partial charge in [-0.3, -0.25) is 10.2 Å². The van der Waals surface area contributed by atoms with Crippen molar-refractivity contribution in [1.29, 1.82) is 0 Å². The molecular weight excluding hydrogens is 391 g/mol. The van der Waals surface area contributed by atoms with Crippen molar-refractivity contribution in [2.75, 3.05) is 13.7 Å². The first-order valence-corrected chi connectivity index (χ1v) is 9.07. The monoisotopic (exact) mass is 404 g/mol. The highest BCUT2D eigenvalue weighted by molar-refractivity contribution is 7.89. The van der Waals surface area contributed by atoms with Crippen LogP contribution in [0.15, 0.2) is 47.4 Å². The number of rotatable bonds is 7. The van der Waals surface area contributed by atoms with E-state index in [0.717, 1.165) is 0 Å². The second-order valence-electron chi connectivity index (χ2n) is 4.72. The number of hydrogen-bond acceptors (Lipinski definition) is 5. The maximum absolute atomic E-state index is 12.1. The summed E-state index contributed by atoms with van der Waals surface area (Å²) < 4.78 is 34.4. The fourth-order valence-corrected chi connectivity index (χ4v) is 3.31. The highest BCUT2D eigenvalue weighted by Crippen LogP contribution is 2.22. The Bertz CT molecular complexity index is 836. The first kappa shape index (κ1) is 19.3. The van der Waals surface area contributed by atoms with Crippen LogP contribution in [-0.4, -0.2) is 28.0 Å². The molecule has 1 amide bonds. The predicted octanol–water partition coefficient (Wildman–Crippen LogP) is 2.39. The van der Waals surface area contributed by atoms with Crippen LogP contribution >= 0.6 is 23.2 Å². The molecule has 0 radical (unpaired) electrons. The van der Waals surface area contributed by atoms with Crippen LogP contribution in [0.25, 0.3) is 0 Å². The zero-order valence-electron chi connectivity index (χ0n) is 13.0. The number of sulfonamides is 1. The van der Waals surface area contributed by atoms with Gasteiger partial charge in [0.05, 0.1) is 12.0 Å². The standard InChI is InChI=1S/C15H14Cl2N2O5S/c1-23-12-2-4-13(5-3-12)24-9-15(20)18-19-25(21,22)14-7-10(16)6-11(17)8-14/h2-8,19H,9H2,1H3,(H,18,20). The molecule has 10 heteroatoms. The van der Waals surface area contributed by atoms with Gasteiger partial charge in [-0.1, -0.05) is 23.2 Å². The van der Waals surface area contributed by atoms with Crippen LogP contribution in [0.3, 0.4) is 0 Å². The van der Waals surface area contributed by atoms with Gasteiger partial charge in [-0.05, 0) is 42.5 Å². The number of carbonyl (C=O) groups is 1. The summed E-state index contributed by atoms with van der Waals surface area (Å²) in [6.07, 6.45) is 0. The highest BCUT2D eigenvalue weighted by atomic mass is 35.5. The van der Waals surface area contributed by atoms with E-state index in [0.29, 0.717) is 11.5 Å². The maximum Gasteiger partial charge on any atom is 0.272 e. The minimum Gasteiger partial charge on any atom is -0.497 e. The average Bonchev–Trinajstić information content (AvgIpc) is 2.58. The summed E-state index contributed by atoms with van der Waals surface area (Å²) in [7, 11) is -2.48. The molecule has 134 valence electrons. The summed E-state index contributed by atoms with van der Waals surface area (Å²) in [6, 6.07) is 10.4. The van der Waals surface area contributed by atoms with Gasteiger partial charge in [-0.15, -0.1) is 4.83 Å². The summed E-state index contributed by atoms with van der Waals surface area (Å²) in [4.78, 5) is 13.5. The van der Waals surface area contributed by atoms with Crippen LogP contribution in [0.4, 0.5) is 0 Å². The molecule has 0 heterocycles. The van der Waals surface area contributed by atoms with Crippen LogP contribution in [0.2, 0.25) is 10.0 Å². The molecule has 2 rings (SSSR count). The number of hydrazine groups is 1. The number of halogens is 2. The van der Waals surface area contributed by atoms with Crippen molar-refractivity contribution in [2.24, 2.45) is 0 Å². The molecule has 25 heavy (non-hydrogen) atoms. The normalized spacial score (nSPS) is 11.0. The zero-order chi connectivity index (χ0) is 18.4. The maximum atomic E-state index is 12.1. The number of hydrogen-bond donors (Lipinski definition) is 2. The van der Waals surface area contributed by atoms with Crippen molar-refractivity contribution in [3.05, 3.63) is 52.5 Å². The molecule has 0 saturated carbocycles. The van der Waals surface area contributed by atoms with E-state index in [1.165, 1.54) is 25.3 Å². The summed E-state index contributed by atoms with van der Waals surface area (Å²) in [5.41, 5.74) is 2.04. The Morgan fingerprint density at radius 3 is 2.16 bits per heavy atom. The minimum absolute atomic E-state index is 0.155. The molecular formula is C15H14Cl2N2O5S. The fraction of sp³-hybridized carbons (Fsp3) is 0.133. The molecule has 0 atom stereocenters. The van der Waals surface area contributed by atoms with Crippen LogP contribution in [0.5, 0.6) is 11.5 Å². The Labute approximate surface area is 154 Å². The molecule has 0 unspecified atom stereocenters. The van der Waals surface area contributed by atoms with Crippen molar-refractivity contribution >= 4 is 39.1 Å². The van der Waals surface area contributed by atoms with E-state index in [4.69, 9.17) is 32.7 Å². The van der Waals surface area contributed by atoms with Gasteiger partial charge in [0.15, 0.2) is 6.61 Å². The molecule has 2 N–H and O–H groups in total. The molecule has 0 fully saturated rings. The number of methoxy groups -OCH3 is 1. The Balaban J connectivity index is 1.89. The van der Waals surface area contributed by atoms with Gasteiger partial charge in [0, 0.05) is 10.0 Å². The zero-order valence-corrected chi connectivity index (χ0v) is 15.3. The molecule has 0 aliphatic heterocycles. The molecule has 0 aromatic heterocycles. The minimum atomic E-state index is -4.02. The van der Waals surface area contributed by atoms with Gasteiger partial charge >= 0.3 is 0 Å². The lowest BCUT2D eigenvalue weighted by Crippen LogP contribution is -2.43. The molecule has 7 nitrogen and oxygen atoms in total. The second kappa shape index (κ2) is 8.39. The van der Waals surface area contributed by atoms with Crippen molar-refractivity contribution in [3.8, 4) is 11.5 Å². The Morgan fingerprint density at radius 1 is 1.04 bits per heavy atom. The van der Waals surface area contributed by atoms with E-state index in [2.05, 4.69) is 0 Å². The van der Waals surface area contributed by atoms with Crippen LogP contribution in [0.1, 0.15) is 0 Å². The number of amides is 1. The van der Waals surface area contributed by atoms with Gasteiger partial charge < -0.3 is 9.47 Å². The van der Waals surface area contributed by atoms with Crippen molar-refractivity contribution in [1.82, 2.24) is 10.3 Å². The highest BCUT2D eigenvalue weighted by Gasteiger charge is 2.16. The van der Waals surface area contributed by atoms with Crippen LogP contribution < -0.4 is 19.7 Å².